The first-order chi connectivity index (χ1) is 12.3. The zero-order chi connectivity index (χ0) is 19.1. The first kappa shape index (κ1) is 20.2. The molecule has 0 aliphatic heterocycles. The zero-order valence-corrected chi connectivity index (χ0v) is 16.8. The molecule has 0 fully saturated rings. The molecule has 1 aromatic heterocycles. The molecule has 2 aromatic rings. The number of hydrogen-bond acceptors (Lipinski definition) is 4. The molecule has 2 rings (SSSR count). The van der Waals surface area contributed by atoms with E-state index in [4.69, 9.17) is 4.42 Å². The maximum Gasteiger partial charge on any atom is 0.239 e. The molecule has 0 spiro atoms. The van der Waals surface area contributed by atoms with Crippen LogP contribution in [0.2, 0.25) is 0 Å². The number of carbonyl (C=O) groups excluding carboxylic acids is 2. The van der Waals surface area contributed by atoms with Gasteiger partial charge >= 0.3 is 0 Å². The molecule has 2 amide bonds. The highest BCUT2D eigenvalue weighted by atomic mass is 79.9. The van der Waals surface area contributed by atoms with Gasteiger partial charge in [0.05, 0.1) is 19.6 Å². The average Bonchev–Trinajstić information content (AvgIpc) is 3.01. The van der Waals surface area contributed by atoms with Crippen LogP contribution in [0.15, 0.2) is 45.3 Å². The van der Waals surface area contributed by atoms with Crippen molar-refractivity contribution < 1.29 is 14.0 Å². The van der Waals surface area contributed by atoms with Crippen molar-refractivity contribution in [3.05, 3.63) is 46.6 Å². The van der Waals surface area contributed by atoms with Crippen molar-refractivity contribution >= 4 is 27.7 Å². The Morgan fingerprint density at radius 3 is 2.46 bits per heavy atom. The van der Waals surface area contributed by atoms with Gasteiger partial charge in [-0.1, -0.05) is 28.1 Å². The number of carbonyl (C=O) groups is 2. The van der Waals surface area contributed by atoms with Crippen molar-refractivity contribution in [2.45, 2.75) is 26.4 Å². The highest BCUT2D eigenvalue weighted by Crippen LogP contribution is 2.24. The summed E-state index contributed by atoms with van der Waals surface area (Å²) in [6.45, 7) is 4.42. The molecule has 0 saturated heterocycles. The van der Waals surface area contributed by atoms with Crippen molar-refractivity contribution in [1.29, 1.82) is 0 Å². The van der Waals surface area contributed by atoms with Crippen LogP contribution >= 0.6 is 15.9 Å². The van der Waals surface area contributed by atoms with E-state index < -0.39 is 0 Å². The van der Waals surface area contributed by atoms with Gasteiger partial charge in [0, 0.05) is 16.1 Å². The highest BCUT2D eigenvalue weighted by Gasteiger charge is 2.12. The van der Waals surface area contributed by atoms with E-state index in [1.54, 1.807) is 0 Å². The summed E-state index contributed by atoms with van der Waals surface area (Å²) in [5.74, 6) is 1.17. The van der Waals surface area contributed by atoms with Gasteiger partial charge in [-0.15, -0.1) is 0 Å². The monoisotopic (exact) mass is 421 g/mol. The fourth-order valence-corrected chi connectivity index (χ4v) is 2.67. The summed E-state index contributed by atoms with van der Waals surface area (Å²) in [4.78, 5) is 25.3. The van der Waals surface area contributed by atoms with E-state index in [1.807, 2.05) is 62.2 Å². The number of amides is 2. The minimum absolute atomic E-state index is 0.0146. The molecule has 2 N–H and O–H groups in total. The number of hydrogen-bond donors (Lipinski definition) is 2. The minimum Gasteiger partial charge on any atom is -0.460 e. The van der Waals surface area contributed by atoms with Gasteiger partial charge in [0.25, 0.3) is 0 Å². The molecule has 26 heavy (non-hydrogen) atoms. The lowest BCUT2D eigenvalue weighted by atomic mass is 10.2. The van der Waals surface area contributed by atoms with Crippen molar-refractivity contribution in [1.82, 2.24) is 15.5 Å². The largest absolute Gasteiger partial charge is 0.460 e. The Labute approximate surface area is 162 Å². The molecule has 1 heterocycles. The van der Waals surface area contributed by atoms with Crippen LogP contribution in [0.25, 0.3) is 11.3 Å². The van der Waals surface area contributed by atoms with Crippen molar-refractivity contribution in [2.24, 2.45) is 0 Å². The Kier molecular flexibility index (Phi) is 7.41. The fourth-order valence-electron chi connectivity index (χ4n) is 2.41. The first-order valence-corrected chi connectivity index (χ1v) is 9.22. The van der Waals surface area contributed by atoms with E-state index in [0.29, 0.717) is 6.54 Å². The predicted octanol–water partition coefficient (Wildman–Crippen LogP) is 2.78. The molecule has 6 nitrogen and oxygen atoms in total. The van der Waals surface area contributed by atoms with E-state index in [0.717, 1.165) is 21.6 Å². The molecule has 0 bridgehead atoms. The smallest absolute Gasteiger partial charge is 0.239 e. The Morgan fingerprint density at radius 2 is 1.81 bits per heavy atom. The number of likely N-dealkylation sites (N-methyl/N-ethyl adjacent to an activating group) is 1. The van der Waals surface area contributed by atoms with Gasteiger partial charge in [-0.2, -0.15) is 0 Å². The van der Waals surface area contributed by atoms with E-state index in [1.165, 1.54) is 0 Å². The second-order valence-electron chi connectivity index (χ2n) is 6.44. The lowest BCUT2D eigenvalue weighted by Gasteiger charge is -2.15. The van der Waals surface area contributed by atoms with E-state index >= 15 is 0 Å². The van der Waals surface area contributed by atoms with E-state index in [2.05, 4.69) is 26.6 Å². The summed E-state index contributed by atoms with van der Waals surface area (Å²) < 4.78 is 6.87. The van der Waals surface area contributed by atoms with Crippen LogP contribution in [-0.4, -0.2) is 42.9 Å². The Hall–Kier alpha value is -2.12. The lowest BCUT2D eigenvalue weighted by molar-refractivity contribution is -0.126. The van der Waals surface area contributed by atoms with Crippen LogP contribution in [0.5, 0.6) is 0 Å². The van der Waals surface area contributed by atoms with Gasteiger partial charge in [-0.05, 0) is 45.2 Å². The lowest BCUT2D eigenvalue weighted by Crippen LogP contribution is -2.42. The second-order valence-corrected chi connectivity index (χ2v) is 7.36. The normalized spacial score (nSPS) is 11.0. The number of nitrogens with one attached hydrogen (secondary N) is 2. The third kappa shape index (κ3) is 6.65. The maximum atomic E-state index is 11.9. The summed E-state index contributed by atoms with van der Waals surface area (Å²) in [6.07, 6.45) is 0. The summed E-state index contributed by atoms with van der Waals surface area (Å²) in [7, 11) is 1.83. The number of benzene rings is 1. The van der Waals surface area contributed by atoms with Crippen LogP contribution < -0.4 is 10.6 Å². The van der Waals surface area contributed by atoms with Gasteiger partial charge in [-0.3, -0.25) is 14.5 Å². The van der Waals surface area contributed by atoms with Crippen molar-refractivity contribution in [2.75, 3.05) is 20.1 Å². The van der Waals surface area contributed by atoms with Gasteiger partial charge in [0.1, 0.15) is 11.5 Å². The predicted molar refractivity (Wildman–Crippen MR) is 104 cm³/mol. The topological polar surface area (TPSA) is 74.6 Å². The molecule has 0 aliphatic rings. The van der Waals surface area contributed by atoms with Crippen LogP contribution in [0.3, 0.4) is 0 Å². The molecule has 0 atom stereocenters. The van der Waals surface area contributed by atoms with Gasteiger partial charge in [0.15, 0.2) is 0 Å². The van der Waals surface area contributed by atoms with Gasteiger partial charge < -0.3 is 15.1 Å². The zero-order valence-electron chi connectivity index (χ0n) is 15.2. The first-order valence-electron chi connectivity index (χ1n) is 8.42. The quantitative estimate of drug-likeness (QED) is 0.686. The molecule has 7 heteroatoms. The van der Waals surface area contributed by atoms with Crippen molar-refractivity contribution in [3.63, 3.8) is 0 Å². The molecule has 140 valence electrons. The third-order valence-electron chi connectivity index (χ3n) is 3.53. The summed E-state index contributed by atoms with van der Waals surface area (Å²) in [5.41, 5.74) is 0.996. The molecule has 0 unspecified atom stereocenters. The number of furan rings is 1. The number of halogens is 1. The van der Waals surface area contributed by atoms with E-state index in [-0.39, 0.29) is 30.9 Å². The standard InChI is InChI=1S/C19H24BrN3O3/c1-13(2)22-18(24)10-21-19(25)12-23(3)11-16-8-9-17(26-16)14-4-6-15(20)7-5-14/h4-9,13H,10-12H2,1-3H3,(H,21,25)(H,22,24). The van der Waals surface area contributed by atoms with Crippen LogP contribution in [0, 0.1) is 0 Å². The molecule has 0 radical (unpaired) electrons. The molecular weight excluding hydrogens is 398 g/mol. The van der Waals surface area contributed by atoms with Gasteiger partial charge in [0.2, 0.25) is 11.8 Å². The van der Waals surface area contributed by atoms with Gasteiger partial charge in [-0.25, -0.2) is 0 Å². The number of nitrogens with zero attached hydrogens (tertiary/aromatic N) is 1. The fraction of sp³-hybridized carbons (Fsp3) is 0.368. The average molecular weight is 422 g/mol. The minimum atomic E-state index is -0.203. The Balaban J connectivity index is 1.80. The Bertz CT molecular complexity index is 741. The van der Waals surface area contributed by atoms with Crippen LogP contribution in [-0.2, 0) is 16.1 Å². The highest BCUT2D eigenvalue weighted by molar-refractivity contribution is 9.10. The molecule has 1 aromatic carbocycles. The van der Waals surface area contributed by atoms with E-state index in [9.17, 15) is 9.59 Å². The molecular formula is C19H24BrN3O3. The van der Waals surface area contributed by atoms with Crippen LogP contribution in [0.4, 0.5) is 0 Å². The molecule has 0 saturated carbocycles. The third-order valence-corrected chi connectivity index (χ3v) is 4.05. The molecule has 0 aliphatic carbocycles. The second kappa shape index (κ2) is 9.54. The summed E-state index contributed by atoms with van der Waals surface area (Å²) in [5, 5.41) is 5.34. The summed E-state index contributed by atoms with van der Waals surface area (Å²) >= 11 is 3.41. The van der Waals surface area contributed by atoms with Crippen LogP contribution in [0.1, 0.15) is 19.6 Å². The summed E-state index contributed by atoms with van der Waals surface area (Å²) in [6, 6.07) is 11.8. The maximum absolute atomic E-state index is 11.9. The number of rotatable bonds is 8. The Morgan fingerprint density at radius 1 is 1.12 bits per heavy atom. The van der Waals surface area contributed by atoms with Crippen molar-refractivity contribution in [3.8, 4) is 11.3 Å². The SMILES string of the molecule is CC(C)NC(=O)CNC(=O)CN(C)Cc1ccc(-c2ccc(Br)cc2)o1.